The van der Waals surface area contributed by atoms with Gasteiger partial charge in [-0.15, -0.1) is 0 Å². The number of hydrogen-bond acceptors (Lipinski definition) is 5. The second-order valence-electron chi connectivity index (χ2n) is 3.83. The molecule has 96 valence electrons. The SMILES string of the molecule is CC(C)OP(=S)(NC(=S)N(C)N)OC(C)C. The summed E-state index contributed by atoms with van der Waals surface area (Å²) >= 11 is 10.4. The Morgan fingerprint density at radius 3 is 1.88 bits per heavy atom. The minimum Gasteiger partial charge on any atom is -0.311 e. The normalized spacial score (nSPS) is 12.0. The van der Waals surface area contributed by atoms with E-state index in [0.29, 0.717) is 5.11 Å². The summed E-state index contributed by atoms with van der Waals surface area (Å²) in [5.74, 6) is 5.49. The van der Waals surface area contributed by atoms with Crippen molar-refractivity contribution in [2.75, 3.05) is 7.05 Å². The van der Waals surface area contributed by atoms with Gasteiger partial charge in [0.05, 0.1) is 12.2 Å². The lowest BCUT2D eigenvalue weighted by molar-refractivity contribution is 0.172. The maximum atomic E-state index is 5.59. The molecule has 0 radical (unpaired) electrons. The smallest absolute Gasteiger partial charge is 0.289 e. The molecule has 0 heterocycles. The summed E-state index contributed by atoms with van der Waals surface area (Å²) in [7, 11) is 1.62. The second-order valence-corrected chi connectivity index (χ2v) is 7.30. The maximum Gasteiger partial charge on any atom is 0.289 e. The average Bonchev–Trinajstić information content (AvgIpc) is 1.98. The van der Waals surface area contributed by atoms with Crippen molar-refractivity contribution in [2.24, 2.45) is 5.84 Å². The lowest BCUT2D eigenvalue weighted by atomic mass is 10.5. The zero-order valence-electron chi connectivity index (χ0n) is 10.3. The summed E-state index contributed by atoms with van der Waals surface area (Å²) in [6.45, 7) is 4.94. The predicted molar refractivity (Wildman–Crippen MR) is 74.4 cm³/mol. The standard InChI is InChI=1S/C8H20N3O2PS2/c1-6(2)12-14(16,13-7(3)4)10-8(15)11(5)9/h6-7H,9H2,1-5H3,(H,10,15,16). The zero-order valence-corrected chi connectivity index (χ0v) is 12.8. The second kappa shape index (κ2) is 6.83. The van der Waals surface area contributed by atoms with Gasteiger partial charge >= 0.3 is 0 Å². The molecular weight excluding hydrogens is 265 g/mol. The van der Waals surface area contributed by atoms with Crippen molar-refractivity contribution in [3.63, 3.8) is 0 Å². The molecule has 0 aromatic heterocycles. The Morgan fingerprint density at radius 2 is 1.62 bits per heavy atom. The molecule has 5 nitrogen and oxygen atoms in total. The molecule has 0 aliphatic heterocycles. The number of nitrogens with one attached hydrogen (secondary N) is 1. The van der Waals surface area contributed by atoms with E-state index < -0.39 is 6.64 Å². The molecule has 0 spiro atoms. The van der Waals surface area contributed by atoms with Crippen LogP contribution in [0.2, 0.25) is 0 Å². The Kier molecular flexibility index (Phi) is 6.93. The molecule has 0 bridgehead atoms. The van der Waals surface area contributed by atoms with E-state index in [4.69, 9.17) is 38.9 Å². The first-order chi connectivity index (χ1) is 7.16. The van der Waals surface area contributed by atoms with E-state index in [1.807, 2.05) is 27.7 Å². The summed E-state index contributed by atoms with van der Waals surface area (Å²) in [6.07, 6.45) is -0.0778. The van der Waals surface area contributed by atoms with Crippen LogP contribution < -0.4 is 10.9 Å². The van der Waals surface area contributed by atoms with Gasteiger partial charge < -0.3 is 9.05 Å². The number of hydrogen-bond donors (Lipinski definition) is 2. The molecule has 0 aromatic carbocycles. The third kappa shape index (κ3) is 6.73. The van der Waals surface area contributed by atoms with Crippen molar-refractivity contribution in [2.45, 2.75) is 39.9 Å². The van der Waals surface area contributed by atoms with E-state index in [-0.39, 0.29) is 12.2 Å². The maximum absolute atomic E-state index is 5.59. The van der Waals surface area contributed by atoms with Crippen LogP contribution in [-0.2, 0) is 20.9 Å². The fourth-order valence-electron chi connectivity index (χ4n) is 0.829. The highest BCUT2D eigenvalue weighted by Gasteiger charge is 2.24. The molecule has 8 heteroatoms. The van der Waals surface area contributed by atoms with Crippen LogP contribution in [0.15, 0.2) is 0 Å². The lowest BCUT2D eigenvalue weighted by Crippen LogP contribution is -2.41. The number of rotatable bonds is 5. The van der Waals surface area contributed by atoms with E-state index in [1.54, 1.807) is 7.05 Å². The van der Waals surface area contributed by atoms with E-state index >= 15 is 0 Å². The van der Waals surface area contributed by atoms with Crippen LogP contribution in [0.4, 0.5) is 0 Å². The Bertz CT molecular complexity index is 270. The van der Waals surface area contributed by atoms with Crippen LogP contribution in [0, 0.1) is 0 Å². The van der Waals surface area contributed by atoms with E-state index in [9.17, 15) is 0 Å². The molecule has 0 aliphatic carbocycles. The predicted octanol–water partition coefficient (Wildman–Crippen LogP) is 1.74. The summed E-state index contributed by atoms with van der Waals surface area (Å²) in [4.78, 5) is 0. The Balaban J connectivity index is 4.66. The summed E-state index contributed by atoms with van der Waals surface area (Å²) in [5.41, 5.74) is 0. The fourth-order valence-corrected chi connectivity index (χ4v) is 4.31. The number of nitrogens with two attached hydrogens (primary N) is 1. The summed E-state index contributed by atoms with van der Waals surface area (Å²) in [5, 5.41) is 4.45. The minimum absolute atomic E-state index is 0.0389. The zero-order chi connectivity index (χ0) is 12.9. The van der Waals surface area contributed by atoms with Crippen LogP contribution in [0.1, 0.15) is 27.7 Å². The van der Waals surface area contributed by atoms with E-state index in [1.165, 1.54) is 5.01 Å². The molecule has 0 saturated carbocycles. The lowest BCUT2D eigenvalue weighted by Gasteiger charge is -2.29. The molecule has 0 aromatic rings. The van der Waals surface area contributed by atoms with Crippen molar-refractivity contribution >= 4 is 35.8 Å². The summed E-state index contributed by atoms with van der Waals surface area (Å²) < 4.78 is 11.2. The van der Waals surface area contributed by atoms with Gasteiger partial charge in [0.2, 0.25) is 0 Å². The van der Waals surface area contributed by atoms with Crippen LogP contribution in [0.3, 0.4) is 0 Å². The number of hydrazine groups is 1. The quantitative estimate of drug-likeness (QED) is 0.345. The van der Waals surface area contributed by atoms with E-state index in [0.717, 1.165) is 0 Å². The van der Waals surface area contributed by atoms with Gasteiger partial charge in [-0.25, -0.2) is 5.84 Å². The topological polar surface area (TPSA) is 59.8 Å². The molecule has 0 amide bonds. The average molecular weight is 285 g/mol. The first-order valence-electron chi connectivity index (χ1n) is 4.94. The van der Waals surface area contributed by atoms with Gasteiger partial charge in [-0.05, 0) is 51.7 Å². The Morgan fingerprint density at radius 1 is 1.25 bits per heavy atom. The molecule has 16 heavy (non-hydrogen) atoms. The highest BCUT2D eigenvalue weighted by atomic mass is 32.5. The van der Waals surface area contributed by atoms with Gasteiger partial charge in [-0.1, -0.05) is 0 Å². The molecular formula is C8H20N3O2PS2. The molecule has 0 saturated heterocycles. The summed E-state index contributed by atoms with van der Waals surface area (Å²) in [6, 6.07) is 0. The fraction of sp³-hybridized carbons (Fsp3) is 0.875. The van der Waals surface area contributed by atoms with Crippen molar-refractivity contribution in [3.05, 3.63) is 0 Å². The highest BCUT2D eigenvalue weighted by molar-refractivity contribution is 8.09. The van der Waals surface area contributed by atoms with Crippen molar-refractivity contribution in [1.82, 2.24) is 10.1 Å². The molecule has 0 aliphatic rings. The van der Waals surface area contributed by atoms with Crippen molar-refractivity contribution in [3.8, 4) is 0 Å². The molecule has 0 atom stereocenters. The first kappa shape index (κ1) is 16.2. The van der Waals surface area contributed by atoms with Crippen LogP contribution in [0.25, 0.3) is 0 Å². The van der Waals surface area contributed by atoms with Crippen molar-refractivity contribution < 1.29 is 9.05 Å². The number of nitrogens with zero attached hydrogens (tertiary/aromatic N) is 1. The molecule has 0 fully saturated rings. The third-order valence-electron chi connectivity index (χ3n) is 1.25. The van der Waals surface area contributed by atoms with Gasteiger partial charge in [-0.3, -0.25) is 10.1 Å². The van der Waals surface area contributed by atoms with Crippen LogP contribution >= 0.6 is 18.9 Å². The molecule has 0 unspecified atom stereocenters. The van der Waals surface area contributed by atoms with Crippen molar-refractivity contribution in [1.29, 1.82) is 0 Å². The van der Waals surface area contributed by atoms with Crippen LogP contribution in [0.5, 0.6) is 0 Å². The van der Waals surface area contributed by atoms with Gasteiger partial charge in [0.25, 0.3) is 6.64 Å². The monoisotopic (exact) mass is 285 g/mol. The van der Waals surface area contributed by atoms with Gasteiger partial charge in [0.1, 0.15) is 0 Å². The molecule has 0 rings (SSSR count). The highest BCUT2D eigenvalue weighted by Crippen LogP contribution is 2.46. The minimum atomic E-state index is -2.62. The molecule has 3 N–H and O–H groups in total. The Hall–Kier alpha value is 0.220. The van der Waals surface area contributed by atoms with E-state index in [2.05, 4.69) is 5.09 Å². The van der Waals surface area contributed by atoms with Gasteiger partial charge in [0, 0.05) is 7.05 Å². The Labute approximate surface area is 108 Å². The van der Waals surface area contributed by atoms with Crippen LogP contribution in [-0.4, -0.2) is 29.4 Å². The number of thiocarbonyl (C=S) groups is 1. The first-order valence-corrected chi connectivity index (χ1v) is 7.98. The van der Waals surface area contributed by atoms with Gasteiger partial charge in [0.15, 0.2) is 5.11 Å². The van der Waals surface area contributed by atoms with Gasteiger partial charge in [-0.2, -0.15) is 0 Å². The largest absolute Gasteiger partial charge is 0.311 e. The third-order valence-corrected chi connectivity index (χ3v) is 4.47.